The van der Waals surface area contributed by atoms with Crippen molar-refractivity contribution in [3.63, 3.8) is 0 Å². The summed E-state index contributed by atoms with van der Waals surface area (Å²) in [4.78, 5) is 45.3. The lowest BCUT2D eigenvalue weighted by atomic mass is 10.1. The van der Waals surface area contributed by atoms with E-state index in [0.717, 1.165) is 5.69 Å². The number of carbonyl (C=O) groups is 2. The van der Waals surface area contributed by atoms with Crippen LogP contribution in [0.4, 0.5) is 5.69 Å². The molecule has 8 nitrogen and oxygen atoms in total. The maximum Gasteiger partial charge on any atom is 0.280 e. The number of aromatic nitrogens is 3. The highest BCUT2D eigenvalue weighted by molar-refractivity contribution is 7.80. The third-order valence-corrected chi connectivity index (χ3v) is 6.57. The van der Waals surface area contributed by atoms with Gasteiger partial charge in [0, 0.05) is 16.4 Å². The van der Waals surface area contributed by atoms with Crippen molar-refractivity contribution in [1.29, 1.82) is 0 Å². The summed E-state index contributed by atoms with van der Waals surface area (Å²) in [6, 6.07) is 15.5. The van der Waals surface area contributed by atoms with Crippen molar-refractivity contribution in [2.75, 3.05) is 4.90 Å². The fourth-order valence-corrected chi connectivity index (χ4v) is 4.75. The molecule has 2 amide bonds. The summed E-state index contributed by atoms with van der Waals surface area (Å²) in [5.74, 6) is -0.650. The lowest BCUT2D eigenvalue weighted by molar-refractivity contribution is -0.122. The molecule has 10 heteroatoms. The number of para-hydroxylation sites is 1. The number of aryl methyl sites for hydroxylation is 2. The standard InChI is InChI=1S/C26H20ClN5O3S/c1-14-12-17(15(2)31(14)32-16(3)28-22-7-5-4-6-20(22)25(32)35)13-21-23(33)29-26(36)30(24(21)34)19-10-8-18(27)9-11-19/h4-13H,1-3H3,(H,29,33,36). The van der Waals surface area contributed by atoms with Gasteiger partial charge in [-0.1, -0.05) is 23.7 Å². The molecule has 2 aromatic heterocycles. The maximum absolute atomic E-state index is 13.4. The van der Waals surface area contributed by atoms with Gasteiger partial charge in [0.25, 0.3) is 17.4 Å². The summed E-state index contributed by atoms with van der Waals surface area (Å²) in [6.45, 7) is 5.41. The molecule has 0 radical (unpaired) electrons. The fourth-order valence-electron chi connectivity index (χ4n) is 4.34. The molecule has 1 aliphatic heterocycles. The SMILES string of the molecule is Cc1cc(C=C2C(=O)NC(=S)N(c3ccc(Cl)cc3)C2=O)c(C)n1-n1c(C)nc2ccccc2c1=O. The van der Waals surface area contributed by atoms with Crippen LogP contribution in [0.2, 0.25) is 5.02 Å². The predicted octanol–water partition coefficient (Wildman–Crippen LogP) is 3.92. The zero-order valence-electron chi connectivity index (χ0n) is 19.6. The molecule has 180 valence electrons. The van der Waals surface area contributed by atoms with E-state index in [0.29, 0.717) is 38.7 Å². The number of benzene rings is 2. The highest BCUT2D eigenvalue weighted by Crippen LogP contribution is 2.25. The minimum absolute atomic E-state index is 0.0145. The van der Waals surface area contributed by atoms with E-state index >= 15 is 0 Å². The van der Waals surface area contributed by atoms with Gasteiger partial charge in [-0.2, -0.15) is 4.68 Å². The van der Waals surface area contributed by atoms with E-state index in [1.165, 1.54) is 15.7 Å². The van der Waals surface area contributed by atoms with Crippen molar-refractivity contribution >= 4 is 63.4 Å². The molecule has 5 rings (SSSR count). The molecule has 0 unspecified atom stereocenters. The molecule has 4 aromatic rings. The number of hydrogen-bond donors (Lipinski definition) is 1. The normalized spacial score (nSPS) is 15.2. The van der Waals surface area contributed by atoms with Crippen LogP contribution in [0, 0.1) is 20.8 Å². The Balaban J connectivity index is 1.62. The zero-order chi connectivity index (χ0) is 25.7. The van der Waals surface area contributed by atoms with E-state index in [-0.39, 0.29) is 16.2 Å². The van der Waals surface area contributed by atoms with Crippen molar-refractivity contribution in [3.8, 4) is 0 Å². The average Bonchev–Trinajstić information content (AvgIpc) is 3.10. The van der Waals surface area contributed by atoms with E-state index in [4.69, 9.17) is 23.8 Å². The first kappa shape index (κ1) is 23.7. The number of carbonyl (C=O) groups excluding carboxylic acids is 2. The molecule has 1 fully saturated rings. The molecule has 36 heavy (non-hydrogen) atoms. The van der Waals surface area contributed by atoms with Crippen LogP contribution in [0.25, 0.3) is 17.0 Å². The van der Waals surface area contributed by atoms with Crippen LogP contribution in [0.3, 0.4) is 0 Å². The Morgan fingerprint density at radius 3 is 2.39 bits per heavy atom. The van der Waals surface area contributed by atoms with Gasteiger partial charge in [0.2, 0.25) is 0 Å². The van der Waals surface area contributed by atoms with Gasteiger partial charge >= 0.3 is 0 Å². The number of anilines is 1. The van der Waals surface area contributed by atoms with Crippen LogP contribution in [0.1, 0.15) is 22.8 Å². The highest BCUT2D eigenvalue weighted by Gasteiger charge is 2.34. The van der Waals surface area contributed by atoms with Crippen molar-refractivity contribution < 1.29 is 9.59 Å². The van der Waals surface area contributed by atoms with E-state index in [2.05, 4.69) is 10.3 Å². The minimum Gasteiger partial charge on any atom is -0.298 e. The van der Waals surface area contributed by atoms with Gasteiger partial charge in [0.15, 0.2) is 5.11 Å². The molecule has 3 heterocycles. The number of thiocarbonyl (C=S) groups is 1. The molecule has 0 bridgehead atoms. The number of nitrogens with zero attached hydrogens (tertiary/aromatic N) is 4. The summed E-state index contributed by atoms with van der Waals surface area (Å²) < 4.78 is 3.23. The topological polar surface area (TPSA) is 89.2 Å². The predicted molar refractivity (Wildman–Crippen MR) is 143 cm³/mol. The van der Waals surface area contributed by atoms with Crippen LogP contribution in [-0.2, 0) is 9.59 Å². The summed E-state index contributed by atoms with van der Waals surface area (Å²) >= 11 is 11.2. The van der Waals surface area contributed by atoms with E-state index in [1.54, 1.807) is 54.1 Å². The Morgan fingerprint density at radius 2 is 1.67 bits per heavy atom. The lowest BCUT2D eigenvalue weighted by Gasteiger charge is -2.28. The Bertz CT molecular complexity index is 1680. The molecular formula is C26H20ClN5O3S. The molecular weight excluding hydrogens is 498 g/mol. The van der Waals surface area contributed by atoms with Gasteiger partial charge in [-0.25, -0.2) is 4.98 Å². The van der Waals surface area contributed by atoms with Crippen LogP contribution >= 0.6 is 23.8 Å². The second-order valence-electron chi connectivity index (χ2n) is 8.37. The number of hydrogen-bond acceptors (Lipinski definition) is 5. The van der Waals surface area contributed by atoms with E-state index < -0.39 is 11.8 Å². The molecule has 1 N–H and O–H groups in total. The number of nitrogens with one attached hydrogen (secondary N) is 1. The highest BCUT2D eigenvalue weighted by atomic mass is 35.5. The fraction of sp³-hybridized carbons (Fsp3) is 0.115. The number of amides is 2. The van der Waals surface area contributed by atoms with Crippen molar-refractivity contribution in [3.05, 3.63) is 98.3 Å². The van der Waals surface area contributed by atoms with Gasteiger partial charge < -0.3 is 0 Å². The van der Waals surface area contributed by atoms with Gasteiger partial charge in [-0.05, 0) is 87.1 Å². The first-order valence-electron chi connectivity index (χ1n) is 11.0. The van der Waals surface area contributed by atoms with Crippen LogP contribution < -0.4 is 15.8 Å². The maximum atomic E-state index is 13.4. The largest absolute Gasteiger partial charge is 0.298 e. The average molecular weight is 518 g/mol. The third kappa shape index (κ3) is 3.82. The smallest absolute Gasteiger partial charge is 0.280 e. The molecule has 1 saturated heterocycles. The van der Waals surface area contributed by atoms with E-state index in [1.807, 2.05) is 26.0 Å². The van der Waals surface area contributed by atoms with E-state index in [9.17, 15) is 14.4 Å². The zero-order valence-corrected chi connectivity index (χ0v) is 21.1. The van der Waals surface area contributed by atoms with Gasteiger partial charge in [0.05, 0.1) is 16.6 Å². The Labute approximate surface area is 216 Å². The van der Waals surface area contributed by atoms with Crippen LogP contribution in [0.5, 0.6) is 0 Å². The van der Waals surface area contributed by atoms with Crippen LogP contribution in [-0.4, -0.2) is 31.3 Å². The van der Waals surface area contributed by atoms with Crippen molar-refractivity contribution in [1.82, 2.24) is 19.7 Å². The monoisotopic (exact) mass is 517 g/mol. The third-order valence-electron chi connectivity index (χ3n) is 6.04. The quantitative estimate of drug-likeness (QED) is 0.253. The summed E-state index contributed by atoms with van der Waals surface area (Å²) in [5.41, 5.74) is 2.79. The Kier molecular flexibility index (Phi) is 5.82. The van der Waals surface area contributed by atoms with Gasteiger partial charge in [0.1, 0.15) is 11.4 Å². The molecule has 0 atom stereocenters. The molecule has 0 spiro atoms. The van der Waals surface area contributed by atoms with Crippen LogP contribution in [0.15, 0.2) is 65.0 Å². The van der Waals surface area contributed by atoms with Crippen molar-refractivity contribution in [2.24, 2.45) is 0 Å². The van der Waals surface area contributed by atoms with Gasteiger partial charge in [-0.3, -0.25) is 29.3 Å². The van der Waals surface area contributed by atoms with Gasteiger partial charge in [-0.15, -0.1) is 0 Å². The summed E-state index contributed by atoms with van der Waals surface area (Å²) in [7, 11) is 0. The second kappa shape index (κ2) is 8.85. The number of fused-ring (bicyclic) bond motifs is 1. The number of rotatable bonds is 3. The minimum atomic E-state index is -0.597. The second-order valence-corrected chi connectivity index (χ2v) is 9.19. The summed E-state index contributed by atoms with van der Waals surface area (Å²) in [6.07, 6.45) is 1.51. The molecule has 2 aromatic carbocycles. The Morgan fingerprint density at radius 1 is 0.972 bits per heavy atom. The first-order valence-corrected chi connectivity index (χ1v) is 11.8. The first-order chi connectivity index (χ1) is 17.2. The molecule has 0 aliphatic carbocycles. The molecule has 0 saturated carbocycles. The lowest BCUT2D eigenvalue weighted by Crippen LogP contribution is -2.54. The molecule has 1 aliphatic rings. The van der Waals surface area contributed by atoms with Crippen molar-refractivity contribution in [2.45, 2.75) is 20.8 Å². The Hall–Kier alpha value is -4.08. The number of halogens is 1. The summed E-state index contributed by atoms with van der Waals surface area (Å²) in [5, 5.41) is 3.56.